The van der Waals surface area contributed by atoms with Gasteiger partial charge in [0.1, 0.15) is 34.1 Å². The van der Waals surface area contributed by atoms with E-state index in [1.54, 1.807) is 0 Å². The third kappa shape index (κ3) is 3.83. The molecule has 2 heterocycles. The first-order valence-corrected chi connectivity index (χ1v) is 8.06. The van der Waals surface area contributed by atoms with Crippen molar-refractivity contribution >= 4 is 17.2 Å². The second kappa shape index (κ2) is 7.41. The lowest BCUT2D eigenvalue weighted by atomic mass is 10.1. The van der Waals surface area contributed by atoms with Crippen LogP contribution in [-0.2, 0) is 0 Å². The Bertz CT molecular complexity index is 869. The molecule has 0 saturated carbocycles. The number of aliphatic hydroxyl groups is 1. The molecule has 0 bridgehead atoms. The minimum atomic E-state index is -1.51. The third-order valence-electron chi connectivity index (χ3n) is 3.31. The number of aromatic nitrogens is 3. The molecule has 25 heavy (non-hydrogen) atoms. The number of carbonyl (C=O) groups excluding carboxylic acids is 1. The van der Waals surface area contributed by atoms with Gasteiger partial charge in [0.25, 0.3) is 5.91 Å². The summed E-state index contributed by atoms with van der Waals surface area (Å²) in [5.41, 5.74) is 0.160. The van der Waals surface area contributed by atoms with Crippen LogP contribution in [0.5, 0.6) is 0 Å². The van der Waals surface area contributed by atoms with Gasteiger partial charge >= 0.3 is 0 Å². The summed E-state index contributed by atoms with van der Waals surface area (Å²) in [4.78, 5) is 24.2. The van der Waals surface area contributed by atoms with Crippen LogP contribution < -0.4 is 5.32 Å². The third-order valence-corrected chi connectivity index (χ3v) is 4.17. The zero-order chi connectivity index (χ0) is 17.8. The molecule has 0 saturated heterocycles. The monoisotopic (exact) mass is 362 g/mol. The fourth-order valence-corrected chi connectivity index (χ4v) is 2.88. The minimum absolute atomic E-state index is 0.117. The van der Waals surface area contributed by atoms with E-state index >= 15 is 0 Å². The van der Waals surface area contributed by atoms with Gasteiger partial charge in [-0.05, 0) is 12.1 Å². The van der Waals surface area contributed by atoms with Gasteiger partial charge in [0, 0.05) is 24.3 Å². The normalized spacial score (nSPS) is 12.0. The number of hydrogen-bond acceptors (Lipinski definition) is 6. The fraction of sp³-hybridized carbons (Fsp3) is 0.125. The maximum atomic E-state index is 13.6. The maximum Gasteiger partial charge on any atom is 0.270 e. The molecule has 0 spiro atoms. The van der Waals surface area contributed by atoms with E-state index in [0.29, 0.717) is 10.7 Å². The van der Waals surface area contributed by atoms with E-state index in [-0.39, 0.29) is 12.2 Å². The van der Waals surface area contributed by atoms with Crippen molar-refractivity contribution in [2.45, 2.75) is 6.10 Å². The molecule has 6 nitrogen and oxygen atoms in total. The average Bonchev–Trinajstić information content (AvgIpc) is 3.10. The van der Waals surface area contributed by atoms with Crippen molar-refractivity contribution in [3.05, 3.63) is 65.1 Å². The zero-order valence-electron chi connectivity index (χ0n) is 12.7. The summed E-state index contributed by atoms with van der Waals surface area (Å²) in [6, 6.07) is 3.27. The second-order valence-electron chi connectivity index (χ2n) is 4.99. The van der Waals surface area contributed by atoms with Crippen LogP contribution in [0.25, 0.3) is 10.7 Å². The van der Waals surface area contributed by atoms with E-state index in [1.165, 1.54) is 41.4 Å². The Hall–Kier alpha value is -2.78. The Morgan fingerprint density at radius 1 is 1.28 bits per heavy atom. The highest BCUT2D eigenvalue weighted by molar-refractivity contribution is 7.13. The number of carbonyl (C=O) groups is 1. The summed E-state index contributed by atoms with van der Waals surface area (Å²) in [6.45, 7) is -0.352. The first-order valence-electron chi connectivity index (χ1n) is 7.18. The van der Waals surface area contributed by atoms with Gasteiger partial charge in [-0.25, -0.2) is 13.8 Å². The van der Waals surface area contributed by atoms with Gasteiger partial charge in [-0.15, -0.1) is 11.3 Å². The van der Waals surface area contributed by atoms with E-state index in [1.807, 2.05) is 0 Å². The van der Waals surface area contributed by atoms with Gasteiger partial charge in [-0.3, -0.25) is 14.8 Å². The number of hydrogen-bond donors (Lipinski definition) is 2. The highest BCUT2D eigenvalue weighted by atomic mass is 32.1. The number of benzene rings is 1. The molecule has 1 amide bonds. The number of amides is 1. The quantitative estimate of drug-likeness (QED) is 0.727. The van der Waals surface area contributed by atoms with E-state index in [4.69, 9.17) is 0 Å². The molecule has 0 fully saturated rings. The molecule has 1 aromatic carbocycles. The molecule has 0 aliphatic carbocycles. The summed E-state index contributed by atoms with van der Waals surface area (Å²) >= 11 is 1.21. The van der Waals surface area contributed by atoms with Crippen molar-refractivity contribution in [3.8, 4) is 10.7 Å². The summed E-state index contributed by atoms with van der Waals surface area (Å²) < 4.78 is 27.2. The Balaban J connectivity index is 1.66. The van der Waals surface area contributed by atoms with Crippen LogP contribution in [0.1, 0.15) is 22.2 Å². The predicted molar refractivity (Wildman–Crippen MR) is 86.8 cm³/mol. The molecule has 1 atom stereocenters. The van der Waals surface area contributed by atoms with Gasteiger partial charge in [-0.1, -0.05) is 6.07 Å². The van der Waals surface area contributed by atoms with Crippen molar-refractivity contribution < 1.29 is 18.7 Å². The maximum absolute atomic E-state index is 13.6. The van der Waals surface area contributed by atoms with Crippen LogP contribution >= 0.6 is 11.3 Å². The lowest BCUT2D eigenvalue weighted by Gasteiger charge is -2.13. The van der Waals surface area contributed by atoms with Gasteiger partial charge < -0.3 is 10.4 Å². The van der Waals surface area contributed by atoms with Crippen LogP contribution in [0, 0.1) is 11.6 Å². The number of nitrogens with zero attached hydrogens (tertiary/aromatic N) is 3. The van der Waals surface area contributed by atoms with E-state index < -0.39 is 29.2 Å². The topological polar surface area (TPSA) is 88.0 Å². The molecule has 9 heteroatoms. The number of thiazole rings is 1. The van der Waals surface area contributed by atoms with Crippen molar-refractivity contribution in [1.29, 1.82) is 0 Å². The number of halogens is 2. The van der Waals surface area contributed by atoms with Crippen molar-refractivity contribution in [1.82, 2.24) is 20.3 Å². The molecular formula is C16H12F2N4O2S. The molecule has 0 unspecified atom stereocenters. The molecule has 0 radical (unpaired) electrons. The number of aliphatic hydroxyl groups excluding tert-OH is 1. The van der Waals surface area contributed by atoms with Gasteiger partial charge in [0.15, 0.2) is 0 Å². The Morgan fingerprint density at radius 3 is 2.72 bits per heavy atom. The molecule has 2 N–H and O–H groups in total. The number of nitrogens with one attached hydrogen (secondary N) is 1. The first kappa shape index (κ1) is 17.1. The molecule has 0 aliphatic heterocycles. The Kier molecular flexibility index (Phi) is 5.05. The Morgan fingerprint density at radius 2 is 2.04 bits per heavy atom. The van der Waals surface area contributed by atoms with Crippen molar-refractivity contribution in [2.75, 3.05) is 6.54 Å². The van der Waals surface area contributed by atoms with E-state index in [0.717, 1.165) is 12.1 Å². The Labute approximate surface area is 145 Å². The SMILES string of the molecule is O=C(NC[C@@H](O)c1c(F)cccc1F)c1csc(-c2cnccn2)n1. The minimum Gasteiger partial charge on any atom is -0.386 e. The molecule has 3 aromatic rings. The summed E-state index contributed by atoms with van der Waals surface area (Å²) in [6.07, 6.45) is 3.04. The second-order valence-corrected chi connectivity index (χ2v) is 5.85. The van der Waals surface area contributed by atoms with Crippen molar-refractivity contribution in [3.63, 3.8) is 0 Å². The van der Waals surface area contributed by atoms with E-state index in [9.17, 15) is 18.7 Å². The van der Waals surface area contributed by atoms with Crippen LogP contribution in [0.4, 0.5) is 8.78 Å². The van der Waals surface area contributed by atoms with Gasteiger partial charge in [-0.2, -0.15) is 0 Å². The van der Waals surface area contributed by atoms with Crippen LogP contribution in [-0.4, -0.2) is 32.5 Å². The fourth-order valence-electron chi connectivity index (χ4n) is 2.12. The van der Waals surface area contributed by atoms with Crippen LogP contribution in [0.15, 0.2) is 42.2 Å². The van der Waals surface area contributed by atoms with Crippen LogP contribution in [0.3, 0.4) is 0 Å². The smallest absolute Gasteiger partial charge is 0.270 e. The summed E-state index contributed by atoms with van der Waals surface area (Å²) in [7, 11) is 0. The predicted octanol–water partition coefficient (Wildman–Crippen LogP) is 2.34. The summed E-state index contributed by atoms with van der Waals surface area (Å²) in [5, 5.41) is 14.4. The molecule has 3 rings (SSSR count). The molecule has 0 aliphatic rings. The zero-order valence-corrected chi connectivity index (χ0v) is 13.5. The van der Waals surface area contributed by atoms with Gasteiger partial charge in [0.2, 0.25) is 0 Å². The van der Waals surface area contributed by atoms with Crippen molar-refractivity contribution in [2.24, 2.45) is 0 Å². The highest BCUT2D eigenvalue weighted by Crippen LogP contribution is 2.22. The lowest BCUT2D eigenvalue weighted by Crippen LogP contribution is -2.29. The lowest BCUT2D eigenvalue weighted by molar-refractivity contribution is 0.0907. The van der Waals surface area contributed by atoms with E-state index in [2.05, 4.69) is 20.3 Å². The molecule has 2 aromatic heterocycles. The summed E-state index contributed by atoms with van der Waals surface area (Å²) in [5.74, 6) is -2.32. The van der Waals surface area contributed by atoms with Crippen LogP contribution in [0.2, 0.25) is 0 Å². The average molecular weight is 362 g/mol. The molecular weight excluding hydrogens is 350 g/mol. The largest absolute Gasteiger partial charge is 0.386 e. The highest BCUT2D eigenvalue weighted by Gasteiger charge is 2.19. The molecule has 128 valence electrons. The number of rotatable bonds is 5. The first-order chi connectivity index (χ1) is 12.1. The van der Waals surface area contributed by atoms with Gasteiger partial charge in [0.05, 0.1) is 11.8 Å². The standard InChI is InChI=1S/C16H12F2N4O2S/c17-9-2-1-3-10(18)14(9)13(23)7-21-15(24)12-8-25-16(22-12)11-6-19-4-5-20-11/h1-6,8,13,23H,7H2,(H,21,24)/t13-/m1/s1.